The van der Waals surface area contributed by atoms with Gasteiger partial charge in [-0.2, -0.15) is 5.10 Å². The number of rotatable bonds is 3. The lowest BCUT2D eigenvalue weighted by Crippen LogP contribution is -1.94. The van der Waals surface area contributed by atoms with Gasteiger partial charge in [0, 0.05) is 27.7 Å². The highest BCUT2D eigenvalue weighted by atomic mass is 127. The average molecular weight is 375 g/mol. The smallest absolute Gasteiger partial charge is 0.153 e. The summed E-state index contributed by atoms with van der Waals surface area (Å²) in [5.41, 5.74) is 2.95. The highest BCUT2D eigenvalue weighted by molar-refractivity contribution is 14.1. The summed E-state index contributed by atoms with van der Waals surface area (Å²) in [4.78, 5) is 15.3. The molecule has 0 amide bonds. The molecule has 3 rings (SSSR count). The average Bonchev–Trinajstić information content (AvgIpc) is 2.93. The minimum atomic E-state index is 0.552. The summed E-state index contributed by atoms with van der Waals surface area (Å²) in [6.45, 7) is 0. The summed E-state index contributed by atoms with van der Waals surface area (Å²) in [5, 5.41) is 4.49. The first-order chi connectivity index (χ1) is 9.78. The summed E-state index contributed by atoms with van der Waals surface area (Å²) in [5.74, 6) is 0. The number of pyridine rings is 1. The van der Waals surface area contributed by atoms with Crippen LogP contribution in [0.5, 0.6) is 0 Å². The molecule has 0 saturated carbocycles. The predicted octanol–water partition coefficient (Wildman–Crippen LogP) is 3.35. The number of carbonyl (C=O) groups excluding carboxylic acids is 1. The van der Waals surface area contributed by atoms with Crippen LogP contribution >= 0.6 is 22.6 Å². The third kappa shape index (κ3) is 2.49. The topological polar surface area (TPSA) is 47.8 Å². The number of halogens is 1. The van der Waals surface area contributed by atoms with Crippen molar-refractivity contribution < 1.29 is 4.79 Å². The molecule has 98 valence electrons. The van der Waals surface area contributed by atoms with Crippen molar-refractivity contribution in [3.63, 3.8) is 0 Å². The van der Waals surface area contributed by atoms with Crippen molar-refractivity contribution in [1.29, 1.82) is 0 Å². The van der Waals surface area contributed by atoms with Gasteiger partial charge in [0.25, 0.3) is 0 Å². The van der Waals surface area contributed by atoms with E-state index in [0.29, 0.717) is 11.3 Å². The van der Waals surface area contributed by atoms with Gasteiger partial charge in [0.15, 0.2) is 6.29 Å². The van der Waals surface area contributed by atoms with Crippen molar-refractivity contribution in [1.82, 2.24) is 14.8 Å². The first-order valence-corrected chi connectivity index (χ1v) is 7.07. The summed E-state index contributed by atoms with van der Waals surface area (Å²) in [6, 6.07) is 11.7. The van der Waals surface area contributed by atoms with Gasteiger partial charge in [0.1, 0.15) is 5.69 Å². The van der Waals surface area contributed by atoms with Crippen LogP contribution < -0.4 is 0 Å². The van der Waals surface area contributed by atoms with Crippen LogP contribution in [0.15, 0.2) is 55.0 Å². The van der Waals surface area contributed by atoms with E-state index in [1.807, 2.05) is 36.4 Å². The van der Waals surface area contributed by atoms with Gasteiger partial charge in [0.2, 0.25) is 0 Å². The Hall–Kier alpha value is -2.02. The minimum absolute atomic E-state index is 0.552. The number of carbonyl (C=O) groups is 1. The van der Waals surface area contributed by atoms with Crippen molar-refractivity contribution in [3.8, 4) is 16.9 Å². The lowest BCUT2D eigenvalue weighted by atomic mass is 10.1. The summed E-state index contributed by atoms with van der Waals surface area (Å²) in [7, 11) is 0. The monoisotopic (exact) mass is 375 g/mol. The van der Waals surface area contributed by atoms with Crippen molar-refractivity contribution in [2.24, 2.45) is 0 Å². The molecule has 0 aliphatic rings. The number of benzene rings is 1. The Bertz CT molecular complexity index is 736. The van der Waals surface area contributed by atoms with Gasteiger partial charge in [-0.3, -0.25) is 9.78 Å². The van der Waals surface area contributed by atoms with Gasteiger partial charge in [-0.15, -0.1) is 0 Å². The molecule has 20 heavy (non-hydrogen) atoms. The van der Waals surface area contributed by atoms with E-state index in [0.717, 1.165) is 21.1 Å². The van der Waals surface area contributed by atoms with Crippen LogP contribution in [-0.4, -0.2) is 21.1 Å². The Morgan fingerprint density at radius 1 is 1.15 bits per heavy atom. The van der Waals surface area contributed by atoms with E-state index in [9.17, 15) is 4.79 Å². The Labute approximate surface area is 129 Å². The van der Waals surface area contributed by atoms with Crippen LogP contribution in [0.4, 0.5) is 0 Å². The maximum Gasteiger partial charge on any atom is 0.153 e. The molecule has 0 bridgehead atoms. The van der Waals surface area contributed by atoms with Crippen LogP contribution in [0, 0.1) is 3.57 Å². The Balaban J connectivity index is 2.09. The molecular formula is C15H10IN3O. The van der Waals surface area contributed by atoms with Crippen molar-refractivity contribution >= 4 is 28.9 Å². The second kappa shape index (κ2) is 5.54. The van der Waals surface area contributed by atoms with Gasteiger partial charge in [-0.05, 0) is 59.0 Å². The zero-order valence-electron chi connectivity index (χ0n) is 10.4. The van der Waals surface area contributed by atoms with E-state index in [-0.39, 0.29) is 0 Å². The van der Waals surface area contributed by atoms with E-state index in [2.05, 4.69) is 32.7 Å². The lowest BCUT2D eigenvalue weighted by molar-refractivity contribution is 0.112. The molecule has 0 aliphatic heterocycles. The standard InChI is InChI=1S/C15H10IN3O/c16-13-3-5-14(6-4-13)19-9-12(10-20)15(18-19)11-2-1-7-17-8-11/h1-10H. The number of hydrogen-bond acceptors (Lipinski definition) is 3. The molecule has 0 unspecified atom stereocenters. The zero-order valence-corrected chi connectivity index (χ0v) is 12.6. The summed E-state index contributed by atoms with van der Waals surface area (Å²) in [6.07, 6.45) is 5.95. The first kappa shape index (κ1) is 13.0. The highest BCUT2D eigenvalue weighted by Crippen LogP contribution is 2.21. The molecule has 0 radical (unpaired) electrons. The van der Waals surface area contributed by atoms with Gasteiger partial charge in [0.05, 0.1) is 11.3 Å². The number of hydrogen-bond donors (Lipinski definition) is 0. The van der Waals surface area contributed by atoms with Crippen molar-refractivity contribution in [3.05, 3.63) is 64.1 Å². The molecule has 3 aromatic rings. The quantitative estimate of drug-likeness (QED) is 0.521. The van der Waals surface area contributed by atoms with Gasteiger partial charge < -0.3 is 0 Å². The Kier molecular flexibility index (Phi) is 3.60. The molecule has 0 fully saturated rings. The molecule has 5 heteroatoms. The molecule has 2 heterocycles. The fraction of sp³-hybridized carbons (Fsp3) is 0. The van der Waals surface area contributed by atoms with E-state index in [4.69, 9.17) is 0 Å². The minimum Gasteiger partial charge on any atom is -0.298 e. The maximum absolute atomic E-state index is 11.2. The number of aldehydes is 1. The Morgan fingerprint density at radius 2 is 1.95 bits per heavy atom. The molecule has 0 atom stereocenters. The fourth-order valence-corrected chi connectivity index (χ4v) is 2.29. The molecule has 0 spiro atoms. The number of aromatic nitrogens is 3. The predicted molar refractivity (Wildman–Crippen MR) is 84.9 cm³/mol. The summed E-state index contributed by atoms with van der Waals surface area (Å²) >= 11 is 2.25. The normalized spacial score (nSPS) is 10.4. The van der Waals surface area contributed by atoms with Gasteiger partial charge in [-0.1, -0.05) is 0 Å². The molecular weight excluding hydrogens is 365 g/mol. The molecule has 0 aliphatic carbocycles. The van der Waals surface area contributed by atoms with Crippen LogP contribution in [0.1, 0.15) is 10.4 Å². The molecule has 0 N–H and O–H groups in total. The maximum atomic E-state index is 11.2. The lowest BCUT2D eigenvalue weighted by Gasteiger charge is -2.01. The SMILES string of the molecule is O=Cc1cn(-c2ccc(I)cc2)nc1-c1cccnc1. The zero-order chi connectivity index (χ0) is 13.9. The van der Waals surface area contributed by atoms with E-state index < -0.39 is 0 Å². The third-order valence-electron chi connectivity index (χ3n) is 2.90. The van der Waals surface area contributed by atoms with Crippen LogP contribution in [-0.2, 0) is 0 Å². The van der Waals surface area contributed by atoms with E-state index >= 15 is 0 Å². The second-order valence-electron chi connectivity index (χ2n) is 4.21. The Morgan fingerprint density at radius 3 is 2.60 bits per heavy atom. The van der Waals surface area contributed by atoms with Crippen molar-refractivity contribution in [2.75, 3.05) is 0 Å². The van der Waals surface area contributed by atoms with Crippen LogP contribution in [0.2, 0.25) is 0 Å². The molecule has 2 aromatic heterocycles. The van der Waals surface area contributed by atoms with Crippen molar-refractivity contribution in [2.45, 2.75) is 0 Å². The van der Waals surface area contributed by atoms with E-state index in [1.165, 1.54) is 0 Å². The second-order valence-corrected chi connectivity index (χ2v) is 5.46. The van der Waals surface area contributed by atoms with Crippen LogP contribution in [0.3, 0.4) is 0 Å². The fourth-order valence-electron chi connectivity index (χ4n) is 1.93. The van der Waals surface area contributed by atoms with Gasteiger partial charge in [-0.25, -0.2) is 4.68 Å². The first-order valence-electron chi connectivity index (χ1n) is 5.99. The number of nitrogens with zero attached hydrogens (tertiary/aromatic N) is 3. The molecule has 1 aromatic carbocycles. The third-order valence-corrected chi connectivity index (χ3v) is 3.61. The molecule has 0 saturated heterocycles. The summed E-state index contributed by atoms with van der Waals surface area (Å²) < 4.78 is 2.86. The molecule has 4 nitrogen and oxygen atoms in total. The van der Waals surface area contributed by atoms with Crippen LogP contribution in [0.25, 0.3) is 16.9 Å². The highest BCUT2D eigenvalue weighted by Gasteiger charge is 2.11. The largest absolute Gasteiger partial charge is 0.298 e. The van der Waals surface area contributed by atoms with Gasteiger partial charge >= 0.3 is 0 Å². The van der Waals surface area contributed by atoms with E-state index in [1.54, 1.807) is 23.3 Å².